The number of hydrogen-bond acceptors (Lipinski definition) is 4. The number of carbonyl (C=O) groups is 1. The minimum absolute atomic E-state index is 0.0410. The topological polar surface area (TPSA) is 44.1 Å². The average Bonchev–Trinajstić information content (AvgIpc) is 3.18. The van der Waals surface area contributed by atoms with E-state index >= 15 is 0 Å². The van der Waals surface area contributed by atoms with E-state index in [1.807, 2.05) is 47.0 Å². The molecule has 0 spiro atoms. The van der Waals surface area contributed by atoms with Crippen molar-refractivity contribution in [3.63, 3.8) is 0 Å². The molecule has 0 radical (unpaired) electrons. The minimum atomic E-state index is -0.397. The molecule has 0 aromatic carbocycles. The number of rotatable bonds is 3. The van der Waals surface area contributed by atoms with Crippen molar-refractivity contribution >= 4 is 17.1 Å². The summed E-state index contributed by atoms with van der Waals surface area (Å²) in [5.41, 5.74) is 3.47. The lowest BCUT2D eigenvalue weighted by Gasteiger charge is -2.41. The lowest BCUT2D eigenvalue weighted by molar-refractivity contribution is -0.124. The first kappa shape index (κ1) is 24.7. The van der Waals surface area contributed by atoms with Gasteiger partial charge in [-0.3, -0.25) is 4.79 Å². The van der Waals surface area contributed by atoms with E-state index in [0.717, 1.165) is 31.0 Å². The fraction of sp³-hybridized carbons (Fsp3) is 0.462. The molecule has 4 heterocycles. The molecule has 33 heavy (non-hydrogen) atoms. The maximum Gasteiger partial charge on any atom is 0.251 e. The van der Waals surface area contributed by atoms with Crippen LogP contribution in [0.15, 0.2) is 48.6 Å². The first-order valence-electron chi connectivity index (χ1n) is 11.7. The van der Waals surface area contributed by atoms with E-state index < -0.39 is 5.82 Å². The van der Waals surface area contributed by atoms with Crippen LogP contribution >= 0.6 is 0 Å². The molecule has 2 aliphatic heterocycles. The average molecular weight is 454 g/mol. The van der Waals surface area contributed by atoms with Crippen LogP contribution in [0, 0.1) is 12.7 Å². The number of allylic oxidation sites excluding steroid dienone is 2. The fourth-order valence-corrected chi connectivity index (χ4v) is 4.11. The molecule has 0 N–H and O–H groups in total. The van der Waals surface area contributed by atoms with Crippen molar-refractivity contribution in [3.05, 3.63) is 65.7 Å². The second kappa shape index (κ2) is 10.3. The Hall–Kier alpha value is -2.93. The number of halogens is 1. The van der Waals surface area contributed by atoms with Crippen molar-refractivity contribution < 1.29 is 9.18 Å². The fourth-order valence-electron chi connectivity index (χ4n) is 4.11. The normalized spacial score (nSPS) is 21.7. The van der Waals surface area contributed by atoms with Gasteiger partial charge in [-0.15, -0.1) is 0 Å². The van der Waals surface area contributed by atoms with Gasteiger partial charge in [0.15, 0.2) is 11.5 Å². The van der Waals surface area contributed by atoms with E-state index in [1.54, 1.807) is 21.6 Å². The van der Waals surface area contributed by atoms with Gasteiger partial charge in [0.1, 0.15) is 0 Å². The Bertz CT molecular complexity index is 1100. The van der Waals surface area contributed by atoms with Crippen molar-refractivity contribution in [1.29, 1.82) is 0 Å². The molecular weight excluding hydrogens is 417 g/mol. The molecular formula is C26H36FN5O. The summed E-state index contributed by atoms with van der Waals surface area (Å²) in [5, 5.41) is 0. The molecule has 2 atom stereocenters. The standard InChI is InChI=1S/C24H30FN5O.C2H6/c1-16(20-11-22(25)24-26-17(2)12-29(24)14-20)10-23(31)30-15-21(7-6-18(30)3)28-9-8-27(5)19(4)13-28;1-2/h6-7,10-12,14-15,18-19H,8-9,13H2,1-5H3;1-2H3/b16-10+;/t18?,19-;/m1./s1. The molecule has 7 heteroatoms. The number of hydrogen-bond donors (Lipinski definition) is 0. The molecule has 6 nitrogen and oxygen atoms in total. The highest BCUT2D eigenvalue weighted by atomic mass is 19.1. The van der Waals surface area contributed by atoms with Gasteiger partial charge in [-0.2, -0.15) is 0 Å². The Morgan fingerprint density at radius 3 is 2.64 bits per heavy atom. The van der Waals surface area contributed by atoms with Crippen LogP contribution in [0.1, 0.15) is 45.9 Å². The quantitative estimate of drug-likeness (QED) is 0.643. The summed E-state index contributed by atoms with van der Waals surface area (Å²) in [4.78, 5) is 23.7. The zero-order chi connectivity index (χ0) is 24.3. The molecule has 1 fully saturated rings. The number of imidazole rings is 1. The summed E-state index contributed by atoms with van der Waals surface area (Å²) in [6, 6.07) is 1.86. The molecule has 1 amide bonds. The minimum Gasteiger partial charge on any atom is -0.368 e. The summed E-state index contributed by atoms with van der Waals surface area (Å²) in [6.45, 7) is 14.7. The molecule has 4 rings (SSSR count). The third-order valence-corrected chi connectivity index (χ3v) is 6.26. The molecule has 0 saturated carbocycles. The number of aromatic nitrogens is 2. The molecule has 1 saturated heterocycles. The van der Waals surface area contributed by atoms with Crippen LogP contribution in [0.4, 0.5) is 4.39 Å². The highest BCUT2D eigenvalue weighted by Gasteiger charge is 2.25. The monoisotopic (exact) mass is 453 g/mol. The largest absolute Gasteiger partial charge is 0.368 e. The van der Waals surface area contributed by atoms with Crippen molar-refractivity contribution in [2.24, 2.45) is 0 Å². The van der Waals surface area contributed by atoms with E-state index in [-0.39, 0.29) is 11.9 Å². The van der Waals surface area contributed by atoms with Gasteiger partial charge in [-0.25, -0.2) is 9.37 Å². The summed E-state index contributed by atoms with van der Waals surface area (Å²) in [7, 11) is 2.14. The summed E-state index contributed by atoms with van der Waals surface area (Å²) < 4.78 is 16.1. The predicted octanol–water partition coefficient (Wildman–Crippen LogP) is 4.48. The number of carbonyl (C=O) groups excluding carboxylic acids is 1. The van der Waals surface area contributed by atoms with E-state index in [2.05, 4.69) is 40.9 Å². The van der Waals surface area contributed by atoms with Crippen molar-refractivity contribution in [3.8, 4) is 0 Å². The summed E-state index contributed by atoms with van der Waals surface area (Å²) >= 11 is 0. The molecule has 0 aliphatic carbocycles. The number of piperazine rings is 1. The maximum atomic E-state index is 14.5. The summed E-state index contributed by atoms with van der Waals surface area (Å²) in [5.74, 6) is -0.511. The predicted molar refractivity (Wildman–Crippen MR) is 132 cm³/mol. The second-order valence-electron chi connectivity index (χ2n) is 8.69. The van der Waals surface area contributed by atoms with Gasteiger partial charge in [-0.1, -0.05) is 19.9 Å². The maximum absolute atomic E-state index is 14.5. The Morgan fingerprint density at radius 1 is 1.21 bits per heavy atom. The molecule has 2 aliphatic rings. The smallest absolute Gasteiger partial charge is 0.251 e. The van der Waals surface area contributed by atoms with Crippen LogP contribution in [0.5, 0.6) is 0 Å². The number of likely N-dealkylation sites (N-methyl/N-ethyl adjacent to an activating group) is 1. The molecule has 1 unspecified atom stereocenters. The van der Waals surface area contributed by atoms with Gasteiger partial charge in [-0.05, 0) is 58.0 Å². The first-order valence-corrected chi connectivity index (χ1v) is 11.7. The van der Waals surface area contributed by atoms with Gasteiger partial charge in [0, 0.05) is 50.3 Å². The van der Waals surface area contributed by atoms with E-state index in [1.165, 1.54) is 6.07 Å². The van der Waals surface area contributed by atoms with Gasteiger partial charge < -0.3 is 19.1 Å². The third kappa shape index (κ3) is 5.36. The molecule has 2 aromatic heterocycles. The zero-order valence-electron chi connectivity index (χ0n) is 20.8. The number of pyridine rings is 1. The lowest BCUT2D eigenvalue weighted by Crippen LogP contribution is -2.50. The highest BCUT2D eigenvalue weighted by Crippen LogP contribution is 2.23. The highest BCUT2D eigenvalue weighted by molar-refractivity contribution is 5.96. The number of aryl methyl sites for hydroxylation is 1. The number of fused-ring (bicyclic) bond motifs is 1. The SMILES string of the molecule is C/C(=C\C(=O)N1C=C(N2CCN(C)[C@H](C)C2)C=CC1C)c1cc(F)c2nc(C)cn2c1.CC. The van der Waals surface area contributed by atoms with E-state index in [9.17, 15) is 9.18 Å². The number of amides is 1. The number of nitrogens with zero attached hydrogens (tertiary/aromatic N) is 5. The molecule has 178 valence electrons. The third-order valence-electron chi connectivity index (χ3n) is 6.26. The van der Waals surface area contributed by atoms with E-state index in [0.29, 0.717) is 22.8 Å². The Morgan fingerprint density at radius 2 is 1.94 bits per heavy atom. The van der Waals surface area contributed by atoms with Crippen molar-refractivity contribution in [2.75, 3.05) is 26.7 Å². The van der Waals surface area contributed by atoms with Crippen LogP contribution in [0.2, 0.25) is 0 Å². The Balaban J connectivity index is 0.00000149. The molecule has 0 bridgehead atoms. The van der Waals surface area contributed by atoms with Crippen LogP contribution in [-0.2, 0) is 4.79 Å². The van der Waals surface area contributed by atoms with Crippen LogP contribution in [0.25, 0.3) is 11.2 Å². The van der Waals surface area contributed by atoms with E-state index in [4.69, 9.17) is 0 Å². The second-order valence-corrected chi connectivity index (χ2v) is 8.69. The van der Waals surface area contributed by atoms with Crippen LogP contribution in [0.3, 0.4) is 0 Å². The summed E-state index contributed by atoms with van der Waals surface area (Å²) in [6.07, 6.45) is 11.3. The first-order chi connectivity index (χ1) is 15.7. The van der Waals surface area contributed by atoms with Crippen LogP contribution < -0.4 is 0 Å². The van der Waals surface area contributed by atoms with Crippen molar-refractivity contribution in [1.82, 2.24) is 24.1 Å². The Kier molecular flexibility index (Phi) is 7.74. The zero-order valence-corrected chi connectivity index (χ0v) is 20.8. The van der Waals surface area contributed by atoms with Crippen LogP contribution in [-0.4, -0.2) is 68.8 Å². The van der Waals surface area contributed by atoms with Gasteiger partial charge in [0.25, 0.3) is 5.91 Å². The van der Waals surface area contributed by atoms with Gasteiger partial charge in [0.2, 0.25) is 0 Å². The van der Waals surface area contributed by atoms with Crippen molar-refractivity contribution in [2.45, 2.75) is 53.6 Å². The molecule has 2 aromatic rings. The van der Waals surface area contributed by atoms with Gasteiger partial charge in [0.05, 0.1) is 17.4 Å². The van der Waals surface area contributed by atoms with Gasteiger partial charge >= 0.3 is 0 Å². The lowest BCUT2D eigenvalue weighted by atomic mass is 10.1. The Labute approximate surface area is 196 Å².